The minimum Gasteiger partial charge on any atom is -0.445 e. The van der Waals surface area contributed by atoms with Crippen molar-refractivity contribution in [3.8, 4) is 6.07 Å². The van der Waals surface area contributed by atoms with Crippen LogP contribution in [0.3, 0.4) is 0 Å². The molecule has 1 aliphatic rings. The standard InChI is InChI=1S/C30H43N5O6/c1-6-11-24(27(37)33-23(14-10-16-31)18-22-15-17-32-26(22)36)34-28(38)25(20(2)41-30(3,4)5)35-29(39)40-19-21-12-8-7-9-13-21/h7-10,12-14,20,22-25H,6,11,15,17-19H2,1-5H3,(H,32,36)(H,33,37)(H,34,38)(H,35,39)/b14-10+/t20?,22?,23-,24+,25+/m1/s1. The van der Waals surface area contributed by atoms with Crippen LogP contribution in [-0.2, 0) is 30.5 Å². The molecule has 1 aromatic carbocycles. The van der Waals surface area contributed by atoms with Crippen LogP contribution in [0.15, 0.2) is 42.5 Å². The molecule has 5 atom stereocenters. The molecule has 2 rings (SSSR count). The van der Waals surface area contributed by atoms with Gasteiger partial charge in [0.05, 0.1) is 17.8 Å². The van der Waals surface area contributed by atoms with Gasteiger partial charge in [-0.3, -0.25) is 14.4 Å². The summed E-state index contributed by atoms with van der Waals surface area (Å²) in [4.78, 5) is 51.6. The van der Waals surface area contributed by atoms with Crippen molar-refractivity contribution in [1.29, 1.82) is 5.26 Å². The van der Waals surface area contributed by atoms with Crippen LogP contribution >= 0.6 is 0 Å². The molecule has 4 N–H and O–H groups in total. The highest BCUT2D eigenvalue weighted by atomic mass is 16.6. The van der Waals surface area contributed by atoms with E-state index in [4.69, 9.17) is 14.7 Å². The lowest BCUT2D eigenvalue weighted by Gasteiger charge is -2.31. The number of ether oxygens (including phenoxy) is 2. The first-order chi connectivity index (χ1) is 19.4. The third kappa shape index (κ3) is 12.0. The van der Waals surface area contributed by atoms with Gasteiger partial charge in [-0.25, -0.2) is 4.79 Å². The normalized spacial score (nSPS) is 18.0. The maximum Gasteiger partial charge on any atom is 0.408 e. The number of allylic oxidation sites excluding steroid dienone is 1. The minimum absolute atomic E-state index is 0.0208. The predicted octanol–water partition coefficient (Wildman–Crippen LogP) is 2.86. The number of amides is 4. The van der Waals surface area contributed by atoms with Crippen molar-refractivity contribution < 1.29 is 28.7 Å². The third-order valence-electron chi connectivity index (χ3n) is 6.42. The smallest absolute Gasteiger partial charge is 0.408 e. The summed E-state index contributed by atoms with van der Waals surface area (Å²) in [6.45, 7) is 9.63. The maximum absolute atomic E-state index is 13.5. The summed E-state index contributed by atoms with van der Waals surface area (Å²) >= 11 is 0. The lowest BCUT2D eigenvalue weighted by molar-refractivity contribution is -0.135. The van der Waals surface area contributed by atoms with Crippen molar-refractivity contribution in [2.45, 2.75) is 96.7 Å². The molecule has 1 aromatic rings. The number of alkyl carbamates (subject to hydrolysis) is 1. The van der Waals surface area contributed by atoms with E-state index in [2.05, 4.69) is 21.3 Å². The number of nitrogens with zero attached hydrogens (tertiary/aromatic N) is 1. The van der Waals surface area contributed by atoms with Gasteiger partial charge < -0.3 is 30.7 Å². The van der Waals surface area contributed by atoms with Gasteiger partial charge in [0.15, 0.2) is 0 Å². The van der Waals surface area contributed by atoms with Crippen LogP contribution in [0.2, 0.25) is 0 Å². The summed E-state index contributed by atoms with van der Waals surface area (Å²) in [5.41, 5.74) is 0.179. The summed E-state index contributed by atoms with van der Waals surface area (Å²) < 4.78 is 11.3. The molecule has 1 aliphatic heterocycles. The van der Waals surface area contributed by atoms with Gasteiger partial charge >= 0.3 is 6.09 Å². The van der Waals surface area contributed by atoms with Crippen LogP contribution < -0.4 is 21.3 Å². The van der Waals surface area contributed by atoms with E-state index in [-0.39, 0.29) is 18.4 Å². The average molecular weight is 570 g/mol. The first kappa shape index (κ1) is 33.3. The quantitative estimate of drug-likeness (QED) is 0.251. The highest BCUT2D eigenvalue weighted by Crippen LogP contribution is 2.18. The molecule has 0 aliphatic carbocycles. The van der Waals surface area contributed by atoms with E-state index in [0.29, 0.717) is 32.2 Å². The lowest BCUT2D eigenvalue weighted by Crippen LogP contribution is -2.58. The summed E-state index contributed by atoms with van der Waals surface area (Å²) in [5.74, 6) is -1.44. The van der Waals surface area contributed by atoms with E-state index in [0.717, 1.165) is 5.56 Å². The zero-order chi connectivity index (χ0) is 30.4. The van der Waals surface area contributed by atoms with Gasteiger partial charge in [0, 0.05) is 24.6 Å². The van der Waals surface area contributed by atoms with Crippen LogP contribution in [0.4, 0.5) is 4.79 Å². The number of hydrogen-bond donors (Lipinski definition) is 4. The first-order valence-corrected chi connectivity index (χ1v) is 14.0. The number of carbonyl (C=O) groups excluding carboxylic acids is 4. The SMILES string of the molecule is CCC[C@H](NC(=O)[C@@H](NC(=O)OCc1ccccc1)C(C)OC(C)(C)C)C(=O)N[C@H](/C=C/C#N)CC1CCNC1=O. The number of benzene rings is 1. The molecule has 0 saturated carbocycles. The summed E-state index contributed by atoms with van der Waals surface area (Å²) in [6, 6.07) is 8.40. The van der Waals surface area contributed by atoms with Gasteiger partial charge in [0.2, 0.25) is 17.7 Å². The van der Waals surface area contributed by atoms with Gasteiger partial charge in [-0.2, -0.15) is 5.26 Å². The van der Waals surface area contributed by atoms with Crippen molar-refractivity contribution in [2.75, 3.05) is 6.54 Å². The first-order valence-electron chi connectivity index (χ1n) is 14.0. The molecule has 0 spiro atoms. The predicted molar refractivity (Wildman–Crippen MR) is 153 cm³/mol. The van der Waals surface area contributed by atoms with Gasteiger partial charge in [-0.1, -0.05) is 49.8 Å². The number of nitrogens with one attached hydrogen (secondary N) is 4. The summed E-state index contributed by atoms with van der Waals surface area (Å²) in [6.07, 6.45) is 3.14. The fourth-order valence-electron chi connectivity index (χ4n) is 4.54. The van der Waals surface area contributed by atoms with E-state index in [1.807, 2.05) is 64.1 Å². The number of rotatable bonds is 14. The van der Waals surface area contributed by atoms with E-state index < -0.39 is 47.7 Å². The monoisotopic (exact) mass is 569 g/mol. The van der Waals surface area contributed by atoms with Crippen LogP contribution in [0.5, 0.6) is 0 Å². The van der Waals surface area contributed by atoms with Gasteiger partial charge in [-0.15, -0.1) is 0 Å². The Bertz CT molecular complexity index is 1090. The van der Waals surface area contributed by atoms with Gasteiger partial charge in [0.25, 0.3) is 0 Å². The van der Waals surface area contributed by atoms with Crippen LogP contribution in [-0.4, -0.2) is 60.2 Å². The Balaban J connectivity index is 2.14. The fourth-order valence-corrected chi connectivity index (χ4v) is 4.54. The topological polar surface area (TPSA) is 159 Å². The molecule has 224 valence electrons. The van der Waals surface area contributed by atoms with Crippen LogP contribution in [0.1, 0.15) is 65.9 Å². The summed E-state index contributed by atoms with van der Waals surface area (Å²) in [5, 5.41) is 20.0. The Morgan fingerprint density at radius 1 is 1.15 bits per heavy atom. The lowest BCUT2D eigenvalue weighted by atomic mass is 9.97. The summed E-state index contributed by atoms with van der Waals surface area (Å²) in [7, 11) is 0. The number of carbonyl (C=O) groups is 4. The average Bonchev–Trinajstić information content (AvgIpc) is 3.32. The highest BCUT2D eigenvalue weighted by molar-refractivity contribution is 5.92. The second-order valence-electron chi connectivity index (χ2n) is 11.1. The van der Waals surface area contributed by atoms with E-state index in [1.54, 1.807) is 13.0 Å². The van der Waals surface area contributed by atoms with Crippen molar-refractivity contribution >= 4 is 23.8 Å². The zero-order valence-corrected chi connectivity index (χ0v) is 24.6. The zero-order valence-electron chi connectivity index (χ0n) is 24.6. The van der Waals surface area contributed by atoms with E-state index >= 15 is 0 Å². The van der Waals surface area contributed by atoms with Crippen molar-refractivity contribution in [2.24, 2.45) is 5.92 Å². The molecular weight excluding hydrogens is 526 g/mol. The highest BCUT2D eigenvalue weighted by Gasteiger charge is 2.34. The molecule has 0 aromatic heterocycles. The van der Waals surface area contributed by atoms with Crippen molar-refractivity contribution in [3.05, 3.63) is 48.0 Å². The fraction of sp³-hybridized carbons (Fsp3) is 0.567. The molecule has 11 nitrogen and oxygen atoms in total. The second kappa shape index (κ2) is 16.4. The number of hydrogen-bond acceptors (Lipinski definition) is 7. The molecule has 11 heteroatoms. The Morgan fingerprint density at radius 2 is 1.85 bits per heavy atom. The minimum atomic E-state index is -1.15. The van der Waals surface area contributed by atoms with Crippen LogP contribution in [0, 0.1) is 17.2 Å². The Hall–Kier alpha value is -3.91. The molecule has 41 heavy (non-hydrogen) atoms. The molecule has 2 unspecified atom stereocenters. The molecular formula is C30H43N5O6. The molecule has 1 heterocycles. The van der Waals surface area contributed by atoms with Crippen molar-refractivity contribution in [3.63, 3.8) is 0 Å². The molecule has 1 fully saturated rings. The molecule has 0 bridgehead atoms. The Kier molecular flexibility index (Phi) is 13.3. The molecule has 4 amide bonds. The second-order valence-corrected chi connectivity index (χ2v) is 11.1. The van der Waals surface area contributed by atoms with E-state index in [1.165, 1.54) is 6.08 Å². The third-order valence-corrected chi connectivity index (χ3v) is 6.42. The van der Waals surface area contributed by atoms with Crippen molar-refractivity contribution in [1.82, 2.24) is 21.3 Å². The van der Waals surface area contributed by atoms with Crippen LogP contribution in [0.25, 0.3) is 0 Å². The Morgan fingerprint density at radius 3 is 2.44 bits per heavy atom. The molecule has 1 saturated heterocycles. The Labute approximate surface area is 242 Å². The largest absolute Gasteiger partial charge is 0.445 e. The maximum atomic E-state index is 13.5. The van der Waals surface area contributed by atoms with E-state index in [9.17, 15) is 19.2 Å². The number of nitriles is 1. The van der Waals surface area contributed by atoms with Gasteiger partial charge in [0.1, 0.15) is 18.7 Å². The molecule has 0 radical (unpaired) electrons. The van der Waals surface area contributed by atoms with Gasteiger partial charge in [-0.05, 0) is 52.5 Å².